The normalized spacial score (nSPS) is 10.7. The zero-order chi connectivity index (χ0) is 16.2. The SMILES string of the molecule is CCCc1ccc(-c2cc(F)ccc2-c2ccccc2F)cc1. The highest BCUT2D eigenvalue weighted by atomic mass is 19.1. The van der Waals surface area contributed by atoms with Gasteiger partial charge in [0.25, 0.3) is 0 Å². The molecule has 0 spiro atoms. The van der Waals surface area contributed by atoms with E-state index in [1.807, 2.05) is 12.1 Å². The van der Waals surface area contributed by atoms with Gasteiger partial charge in [-0.25, -0.2) is 8.78 Å². The summed E-state index contributed by atoms with van der Waals surface area (Å²) in [5.74, 6) is -0.624. The van der Waals surface area contributed by atoms with Gasteiger partial charge in [-0.15, -0.1) is 0 Å². The minimum atomic E-state index is -0.322. The molecule has 2 heteroatoms. The summed E-state index contributed by atoms with van der Waals surface area (Å²) in [5.41, 5.74) is 4.04. The fourth-order valence-corrected chi connectivity index (χ4v) is 2.81. The van der Waals surface area contributed by atoms with Crippen molar-refractivity contribution in [2.45, 2.75) is 19.8 Å². The van der Waals surface area contributed by atoms with Gasteiger partial charge in [0.15, 0.2) is 0 Å². The van der Waals surface area contributed by atoms with E-state index in [0.717, 1.165) is 18.4 Å². The summed E-state index contributed by atoms with van der Waals surface area (Å²) in [4.78, 5) is 0. The van der Waals surface area contributed by atoms with Gasteiger partial charge in [-0.2, -0.15) is 0 Å². The first kappa shape index (κ1) is 15.4. The Hall–Kier alpha value is -2.48. The van der Waals surface area contributed by atoms with Crippen molar-refractivity contribution in [3.8, 4) is 22.3 Å². The molecule has 23 heavy (non-hydrogen) atoms. The van der Waals surface area contributed by atoms with Gasteiger partial charge < -0.3 is 0 Å². The Morgan fingerprint density at radius 2 is 1.48 bits per heavy atom. The van der Waals surface area contributed by atoms with Crippen molar-refractivity contribution in [1.29, 1.82) is 0 Å². The van der Waals surface area contributed by atoms with E-state index in [4.69, 9.17) is 0 Å². The average Bonchev–Trinajstić information content (AvgIpc) is 2.57. The van der Waals surface area contributed by atoms with Gasteiger partial charge in [-0.3, -0.25) is 0 Å². The minimum Gasteiger partial charge on any atom is -0.207 e. The van der Waals surface area contributed by atoms with Gasteiger partial charge in [0, 0.05) is 5.56 Å². The summed E-state index contributed by atoms with van der Waals surface area (Å²) in [6, 6.07) is 19.1. The highest BCUT2D eigenvalue weighted by Gasteiger charge is 2.12. The summed E-state index contributed by atoms with van der Waals surface area (Å²) in [7, 11) is 0. The lowest BCUT2D eigenvalue weighted by molar-refractivity contribution is 0.626. The van der Waals surface area contributed by atoms with Crippen LogP contribution in [0.15, 0.2) is 66.7 Å². The number of halogens is 2. The third-order valence-electron chi connectivity index (χ3n) is 3.95. The maximum atomic E-state index is 14.1. The first-order chi connectivity index (χ1) is 11.2. The summed E-state index contributed by atoms with van der Waals surface area (Å²) in [6.45, 7) is 2.14. The number of hydrogen-bond acceptors (Lipinski definition) is 0. The van der Waals surface area contributed by atoms with Gasteiger partial charge in [0.1, 0.15) is 11.6 Å². The Morgan fingerprint density at radius 3 is 2.17 bits per heavy atom. The van der Waals surface area contributed by atoms with Crippen molar-refractivity contribution in [1.82, 2.24) is 0 Å². The molecule has 0 saturated heterocycles. The topological polar surface area (TPSA) is 0 Å². The molecule has 0 unspecified atom stereocenters. The first-order valence-electron chi connectivity index (χ1n) is 7.83. The van der Waals surface area contributed by atoms with Crippen LogP contribution in [-0.4, -0.2) is 0 Å². The van der Waals surface area contributed by atoms with E-state index >= 15 is 0 Å². The van der Waals surface area contributed by atoms with Gasteiger partial charge in [-0.05, 0) is 46.9 Å². The highest BCUT2D eigenvalue weighted by molar-refractivity contribution is 5.83. The lowest BCUT2D eigenvalue weighted by Gasteiger charge is -2.12. The molecule has 0 aliphatic carbocycles. The number of rotatable bonds is 4. The van der Waals surface area contributed by atoms with Crippen molar-refractivity contribution in [3.05, 3.63) is 83.9 Å². The molecule has 116 valence electrons. The molecule has 0 nitrogen and oxygen atoms in total. The van der Waals surface area contributed by atoms with Crippen molar-refractivity contribution >= 4 is 0 Å². The van der Waals surface area contributed by atoms with Gasteiger partial charge >= 0.3 is 0 Å². The van der Waals surface area contributed by atoms with Gasteiger partial charge in [0.05, 0.1) is 0 Å². The Bertz CT molecular complexity index is 804. The van der Waals surface area contributed by atoms with Crippen molar-refractivity contribution in [2.24, 2.45) is 0 Å². The largest absolute Gasteiger partial charge is 0.207 e. The van der Waals surface area contributed by atoms with Crippen molar-refractivity contribution in [3.63, 3.8) is 0 Å². The van der Waals surface area contributed by atoms with Crippen molar-refractivity contribution in [2.75, 3.05) is 0 Å². The number of benzene rings is 3. The smallest absolute Gasteiger partial charge is 0.131 e. The Morgan fingerprint density at radius 1 is 0.739 bits per heavy atom. The zero-order valence-electron chi connectivity index (χ0n) is 13.0. The van der Waals surface area contributed by atoms with Crippen LogP contribution >= 0.6 is 0 Å². The zero-order valence-corrected chi connectivity index (χ0v) is 13.0. The van der Waals surface area contributed by atoms with Crippen LogP contribution < -0.4 is 0 Å². The summed E-state index contributed by atoms with van der Waals surface area (Å²) < 4.78 is 27.9. The quantitative estimate of drug-likeness (QED) is 0.534. The fourth-order valence-electron chi connectivity index (χ4n) is 2.81. The van der Waals surface area contributed by atoms with Crippen LogP contribution in [0.4, 0.5) is 8.78 Å². The molecule has 3 aromatic rings. The van der Waals surface area contributed by atoms with Crippen LogP contribution in [0, 0.1) is 11.6 Å². The van der Waals surface area contributed by atoms with Crippen LogP contribution in [0.3, 0.4) is 0 Å². The van der Waals surface area contributed by atoms with E-state index in [1.54, 1.807) is 24.3 Å². The highest BCUT2D eigenvalue weighted by Crippen LogP contribution is 2.34. The van der Waals surface area contributed by atoms with Gasteiger partial charge in [-0.1, -0.05) is 61.9 Å². The molecule has 0 aliphatic rings. The average molecular weight is 308 g/mol. The molecule has 0 N–H and O–H groups in total. The molecular formula is C21H18F2. The molecule has 0 atom stereocenters. The number of hydrogen-bond donors (Lipinski definition) is 0. The lowest BCUT2D eigenvalue weighted by atomic mass is 9.93. The molecule has 0 fully saturated rings. The third kappa shape index (κ3) is 3.31. The van der Waals surface area contributed by atoms with Gasteiger partial charge in [0.2, 0.25) is 0 Å². The van der Waals surface area contributed by atoms with Crippen molar-refractivity contribution < 1.29 is 8.78 Å². The molecule has 0 aliphatic heterocycles. The van der Waals surface area contributed by atoms with E-state index in [2.05, 4.69) is 19.1 Å². The predicted molar refractivity (Wildman–Crippen MR) is 91.2 cm³/mol. The molecule has 0 bridgehead atoms. The Labute approximate surface area is 135 Å². The predicted octanol–water partition coefficient (Wildman–Crippen LogP) is 6.25. The molecule has 0 saturated carbocycles. The minimum absolute atomic E-state index is 0.303. The second-order valence-electron chi connectivity index (χ2n) is 5.62. The van der Waals surface area contributed by atoms with E-state index in [9.17, 15) is 8.78 Å². The fraction of sp³-hybridized carbons (Fsp3) is 0.143. The lowest BCUT2D eigenvalue weighted by Crippen LogP contribution is -1.91. The molecule has 3 aromatic carbocycles. The van der Waals surface area contributed by atoms with Crippen LogP contribution in [0.1, 0.15) is 18.9 Å². The Kier molecular flexibility index (Phi) is 4.52. The maximum absolute atomic E-state index is 14.1. The van der Waals surface area contributed by atoms with E-state index in [-0.39, 0.29) is 11.6 Å². The molecule has 0 amide bonds. The molecule has 0 aromatic heterocycles. The Balaban J connectivity index is 2.11. The second kappa shape index (κ2) is 6.74. The summed E-state index contributed by atoms with van der Waals surface area (Å²) in [6.07, 6.45) is 2.10. The standard InChI is InChI=1S/C21H18F2/c1-2-5-15-8-10-16(11-9-15)20-14-17(22)12-13-18(20)19-6-3-4-7-21(19)23/h3-4,6-14H,2,5H2,1H3. The van der Waals surface area contributed by atoms with E-state index < -0.39 is 0 Å². The van der Waals surface area contributed by atoms with Crippen LogP contribution in [0.5, 0.6) is 0 Å². The molecule has 3 rings (SSSR count). The molecular weight excluding hydrogens is 290 g/mol. The van der Waals surface area contributed by atoms with Crippen LogP contribution in [0.2, 0.25) is 0 Å². The number of aryl methyl sites for hydroxylation is 1. The summed E-state index contributed by atoms with van der Waals surface area (Å²) in [5, 5.41) is 0. The molecule has 0 radical (unpaired) electrons. The first-order valence-corrected chi connectivity index (χ1v) is 7.83. The monoisotopic (exact) mass is 308 g/mol. The van der Waals surface area contributed by atoms with E-state index in [1.165, 1.54) is 23.8 Å². The van der Waals surface area contributed by atoms with Crippen LogP contribution in [-0.2, 0) is 6.42 Å². The maximum Gasteiger partial charge on any atom is 0.131 e. The third-order valence-corrected chi connectivity index (χ3v) is 3.95. The van der Waals surface area contributed by atoms with Crippen LogP contribution in [0.25, 0.3) is 22.3 Å². The second-order valence-corrected chi connectivity index (χ2v) is 5.62. The molecule has 0 heterocycles. The summed E-state index contributed by atoms with van der Waals surface area (Å²) >= 11 is 0. The van der Waals surface area contributed by atoms with E-state index in [0.29, 0.717) is 16.7 Å².